The van der Waals surface area contributed by atoms with E-state index in [1.807, 2.05) is 62.4 Å². The molecule has 0 unspecified atom stereocenters. The van der Waals surface area contributed by atoms with Gasteiger partial charge in [-0.05, 0) is 55.3 Å². The second-order valence-corrected chi connectivity index (χ2v) is 8.40. The molecule has 0 saturated carbocycles. The second-order valence-electron chi connectivity index (χ2n) is 7.48. The van der Waals surface area contributed by atoms with E-state index in [-0.39, 0.29) is 5.91 Å². The zero-order valence-electron chi connectivity index (χ0n) is 18.1. The molecule has 0 fully saturated rings. The highest BCUT2D eigenvalue weighted by atomic mass is 79.9. The normalized spacial score (nSPS) is 11.6. The molecule has 0 spiro atoms. The summed E-state index contributed by atoms with van der Waals surface area (Å²) in [7, 11) is 1.63. The van der Waals surface area contributed by atoms with Gasteiger partial charge in [-0.15, -0.1) is 0 Å². The minimum absolute atomic E-state index is 0.187. The SMILES string of the molecule is COc1c(/C(C)=C/C(=O)NCc2ccccn2)cc2c(-c3ccc(Br)cc3)coc2c1C. The van der Waals surface area contributed by atoms with E-state index in [0.717, 1.165) is 49.0 Å². The maximum absolute atomic E-state index is 12.5. The summed E-state index contributed by atoms with van der Waals surface area (Å²) in [6.45, 7) is 4.24. The zero-order valence-corrected chi connectivity index (χ0v) is 19.7. The summed E-state index contributed by atoms with van der Waals surface area (Å²) in [6.07, 6.45) is 5.06. The van der Waals surface area contributed by atoms with Gasteiger partial charge in [-0.1, -0.05) is 34.1 Å². The van der Waals surface area contributed by atoms with Crippen molar-refractivity contribution in [3.63, 3.8) is 0 Å². The number of carbonyl (C=O) groups excluding carboxylic acids is 1. The quantitative estimate of drug-likeness (QED) is 0.322. The smallest absolute Gasteiger partial charge is 0.244 e. The number of amides is 1. The highest BCUT2D eigenvalue weighted by molar-refractivity contribution is 9.10. The number of nitrogens with zero attached hydrogens (tertiary/aromatic N) is 1. The number of furan rings is 1. The highest BCUT2D eigenvalue weighted by Gasteiger charge is 2.18. The number of benzene rings is 2. The third-order valence-electron chi connectivity index (χ3n) is 5.35. The maximum atomic E-state index is 12.5. The van der Waals surface area contributed by atoms with Crippen molar-refractivity contribution in [2.45, 2.75) is 20.4 Å². The molecule has 0 aliphatic rings. The molecule has 4 rings (SSSR count). The monoisotopic (exact) mass is 490 g/mol. The fourth-order valence-electron chi connectivity index (χ4n) is 3.73. The van der Waals surface area contributed by atoms with Crippen molar-refractivity contribution in [1.82, 2.24) is 10.3 Å². The molecule has 0 aliphatic heterocycles. The van der Waals surface area contributed by atoms with E-state index in [1.54, 1.807) is 25.6 Å². The van der Waals surface area contributed by atoms with Crippen molar-refractivity contribution in [3.8, 4) is 16.9 Å². The molecule has 162 valence electrons. The Balaban J connectivity index is 1.70. The largest absolute Gasteiger partial charge is 0.496 e. The Labute approximate surface area is 195 Å². The average molecular weight is 491 g/mol. The average Bonchev–Trinajstić information content (AvgIpc) is 3.23. The van der Waals surface area contributed by atoms with Gasteiger partial charge in [0.15, 0.2) is 0 Å². The molecule has 0 saturated heterocycles. The third-order valence-corrected chi connectivity index (χ3v) is 5.87. The molecule has 0 bridgehead atoms. The van der Waals surface area contributed by atoms with Crippen molar-refractivity contribution in [2.75, 3.05) is 7.11 Å². The van der Waals surface area contributed by atoms with Gasteiger partial charge in [0.05, 0.1) is 25.6 Å². The van der Waals surface area contributed by atoms with Gasteiger partial charge in [0, 0.05) is 38.8 Å². The Morgan fingerprint density at radius 2 is 2.00 bits per heavy atom. The van der Waals surface area contributed by atoms with Gasteiger partial charge in [-0.3, -0.25) is 9.78 Å². The number of aromatic nitrogens is 1. The Bertz CT molecular complexity index is 1290. The van der Waals surface area contributed by atoms with Gasteiger partial charge in [0.2, 0.25) is 5.91 Å². The molecule has 4 aromatic rings. The molecule has 2 aromatic heterocycles. The van der Waals surface area contributed by atoms with Crippen LogP contribution in [0.5, 0.6) is 5.75 Å². The van der Waals surface area contributed by atoms with Gasteiger partial charge in [-0.2, -0.15) is 0 Å². The molecule has 0 aliphatic carbocycles. The van der Waals surface area contributed by atoms with Crippen LogP contribution in [0.25, 0.3) is 27.7 Å². The van der Waals surface area contributed by atoms with E-state index in [2.05, 4.69) is 26.2 Å². The second kappa shape index (κ2) is 9.40. The minimum atomic E-state index is -0.187. The van der Waals surface area contributed by atoms with E-state index < -0.39 is 0 Å². The molecule has 32 heavy (non-hydrogen) atoms. The van der Waals surface area contributed by atoms with Gasteiger partial charge >= 0.3 is 0 Å². The van der Waals surface area contributed by atoms with Crippen molar-refractivity contribution < 1.29 is 13.9 Å². The lowest BCUT2D eigenvalue weighted by Gasteiger charge is -2.13. The predicted octanol–water partition coefficient (Wildman–Crippen LogP) is 6.29. The van der Waals surface area contributed by atoms with Gasteiger partial charge in [0.1, 0.15) is 11.3 Å². The zero-order chi connectivity index (χ0) is 22.7. The standard InChI is InChI=1S/C26H23BrN2O3/c1-16(12-24(30)29-14-20-6-4-5-11-28-20)21-13-22-23(18-7-9-19(27)10-8-18)15-32-26(22)17(2)25(21)31-3/h4-13,15H,14H2,1-3H3,(H,29,30)/b16-12+. The van der Waals surface area contributed by atoms with Crippen LogP contribution in [-0.4, -0.2) is 18.0 Å². The van der Waals surface area contributed by atoms with Gasteiger partial charge < -0.3 is 14.5 Å². The number of halogens is 1. The van der Waals surface area contributed by atoms with Gasteiger partial charge in [-0.25, -0.2) is 0 Å². The van der Waals surface area contributed by atoms with Crippen LogP contribution in [0, 0.1) is 6.92 Å². The van der Waals surface area contributed by atoms with Crippen LogP contribution < -0.4 is 10.1 Å². The minimum Gasteiger partial charge on any atom is -0.496 e. The van der Waals surface area contributed by atoms with Crippen LogP contribution in [0.4, 0.5) is 0 Å². The van der Waals surface area contributed by atoms with Crippen LogP contribution >= 0.6 is 15.9 Å². The van der Waals surface area contributed by atoms with Crippen LogP contribution in [-0.2, 0) is 11.3 Å². The topological polar surface area (TPSA) is 64.4 Å². The number of nitrogens with one attached hydrogen (secondary N) is 1. The summed E-state index contributed by atoms with van der Waals surface area (Å²) in [4.78, 5) is 16.8. The summed E-state index contributed by atoms with van der Waals surface area (Å²) in [5, 5.41) is 3.86. The first-order chi connectivity index (χ1) is 15.5. The van der Waals surface area contributed by atoms with Crippen LogP contribution in [0.15, 0.2) is 76.0 Å². The molecule has 1 amide bonds. The molecule has 6 heteroatoms. The summed E-state index contributed by atoms with van der Waals surface area (Å²) in [5.41, 5.74) is 6.17. The van der Waals surface area contributed by atoms with Crippen molar-refractivity contribution >= 4 is 38.4 Å². The summed E-state index contributed by atoms with van der Waals surface area (Å²) in [6, 6.07) is 15.7. The first kappa shape index (κ1) is 21.8. The number of ether oxygens (including phenoxy) is 1. The highest BCUT2D eigenvalue weighted by Crippen LogP contribution is 2.40. The Morgan fingerprint density at radius 3 is 2.69 bits per heavy atom. The lowest BCUT2D eigenvalue weighted by Crippen LogP contribution is -2.21. The van der Waals surface area contributed by atoms with Crippen LogP contribution in [0.3, 0.4) is 0 Å². The van der Waals surface area contributed by atoms with E-state index in [1.165, 1.54) is 0 Å². The number of rotatable bonds is 6. The number of methoxy groups -OCH3 is 1. The van der Waals surface area contributed by atoms with Crippen molar-refractivity contribution in [1.29, 1.82) is 0 Å². The van der Waals surface area contributed by atoms with E-state index in [0.29, 0.717) is 12.3 Å². The summed E-state index contributed by atoms with van der Waals surface area (Å²) in [5.74, 6) is 0.508. The molecule has 0 atom stereocenters. The van der Waals surface area contributed by atoms with Gasteiger partial charge in [0.25, 0.3) is 0 Å². The Hall–Kier alpha value is -3.38. The first-order valence-electron chi connectivity index (χ1n) is 10.2. The summed E-state index contributed by atoms with van der Waals surface area (Å²) >= 11 is 3.48. The van der Waals surface area contributed by atoms with Crippen molar-refractivity contribution in [3.05, 3.63) is 88.4 Å². The lowest BCUT2D eigenvalue weighted by atomic mass is 9.96. The number of fused-ring (bicyclic) bond motifs is 1. The van der Waals surface area contributed by atoms with Crippen LogP contribution in [0.2, 0.25) is 0 Å². The molecule has 2 heterocycles. The van der Waals surface area contributed by atoms with E-state index >= 15 is 0 Å². The summed E-state index contributed by atoms with van der Waals surface area (Å²) < 4.78 is 12.6. The fraction of sp³-hybridized carbons (Fsp3) is 0.154. The van der Waals surface area contributed by atoms with Crippen LogP contribution in [0.1, 0.15) is 23.7 Å². The Kier molecular flexibility index (Phi) is 6.42. The Morgan fingerprint density at radius 1 is 1.22 bits per heavy atom. The first-order valence-corrected chi connectivity index (χ1v) is 11.0. The number of hydrogen-bond donors (Lipinski definition) is 1. The number of aryl methyl sites for hydroxylation is 1. The fourth-order valence-corrected chi connectivity index (χ4v) is 3.99. The molecule has 0 radical (unpaired) electrons. The molecule has 5 nitrogen and oxygen atoms in total. The molecular weight excluding hydrogens is 468 g/mol. The molecular formula is C26H23BrN2O3. The van der Waals surface area contributed by atoms with E-state index in [4.69, 9.17) is 9.15 Å². The predicted molar refractivity (Wildman–Crippen MR) is 130 cm³/mol. The number of carbonyl (C=O) groups is 1. The number of pyridine rings is 1. The van der Waals surface area contributed by atoms with E-state index in [9.17, 15) is 4.79 Å². The number of hydrogen-bond acceptors (Lipinski definition) is 4. The third kappa shape index (κ3) is 4.46. The maximum Gasteiger partial charge on any atom is 0.244 e. The molecule has 2 aromatic carbocycles. The molecule has 1 N–H and O–H groups in total. The number of allylic oxidation sites excluding steroid dienone is 1. The van der Waals surface area contributed by atoms with Crippen molar-refractivity contribution in [2.24, 2.45) is 0 Å². The lowest BCUT2D eigenvalue weighted by molar-refractivity contribution is -0.116.